The molecule has 0 bridgehead atoms. The van der Waals surface area contributed by atoms with E-state index in [1.807, 2.05) is 37.5 Å². The average Bonchev–Trinajstić information content (AvgIpc) is 3.11. The summed E-state index contributed by atoms with van der Waals surface area (Å²) in [7, 11) is 0. The normalized spacial score (nSPS) is 12.2. The number of pyridine rings is 3. The highest BCUT2D eigenvalue weighted by molar-refractivity contribution is 5.99. The van der Waals surface area contributed by atoms with Crippen LogP contribution < -0.4 is 4.90 Å². The molecule has 0 radical (unpaired) electrons. The highest BCUT2D eigenvalue weighted by atomic mass is 15.2. The third kappa shape index (κ3) is 1.99. The molecule has 126 valence electrons. The van der Waals surface area contributed by atoms with E-state index in [1.54, 1.807) is 18.7 Å². The van der Waals surface area contributed by atoms with E-state index >= 15 is 0 Å². The SMILES string of the molecule is Cc1ccnc(C)c1N1c2cnccc2-c2[nH]cnc2-c2cccnc21. The van der Waals surface area contributed by atoms with Gasteiger partial charge in [-0.2, -0.15) is 0 Å². The van der Waals surface area contributed by atoms with Gasteiger partial charge in [0.1, 0.15) is 5.82 Å². The number of nitrogens with zero attached hydrogens (tertiary/aromatic N) is 5. The summed E-state index contributed by atoms with van der Waals surface area (Å²) in [6.07, 6.45) is 9.03. The molecule has 1 N–H and O–H groups in total. The van der Waals surface area contributed by atoms with E-state index in [0.717, 1.165) is 51.0 Å². The van der Waals surface area contributed by atoms with Crippen molar-refractivity contribution in [3.8, 4) is 22.5 Å². The number of aromatic nitrogens is 5. The smallest absolute Gasteiger partial charge is 0.147 e. The first-order chi connectivity index (χ1) is 12.8. The van der Waals surface area contributed by atoms with E-state index in [1.165, 1.54) is 0 Å². The van der Waals surface area contributed by atoms with Gasteiger partial charge in [0.25, 0.3) is 0 Å². The molecule has 0 saturated carbocycles. The Morgan fingerprint density at radius 2 is 1.85 bits per heavy atom. The lowest BCUT2D eigenvalue weighted by Crippen LogP contribution is -2.16. The predicted molar refractivity (Wildman–Crippen MR) is 101 cm³/mol. The van der Waals surface area contributed by atoms with Crippen LogP contribution in [0.5, 0.6) is 0 Å². The van der Waals surface area contributed by atoms with E-state index in [2.05, 4.69) is 37.8 Å². The largest absolute Gasteiger partial charge is 0.344 e. The van der Waals surface area contributed by atoms with Crippen LogP contribution in [-0.2, 0) is 0 Å². The molecule has 0 atom stereocenters. The zero-order valence-corrected chi connectivity index (χ0v) is 14.4. The van der Waals surface area contributed by atoms with Crippen LogP contribution in [0.15, 0.2) is 55.4 Å². The average molecular weight is 340 g/mol. The lowest BCUT2D eigenvalue weighted by molar-refractivity contribution is 1.09. The number of aromatic amines is 1. The number of rotatable bonds is 1. The lowest BCUT2D eigenvalue weighted by atomic mass is 10.1. The molecule has 0 spiro atoms. The molecule has 5 heterocycles. The number of hydrogen-bond donors (Lipinski definition) is 1. The summed E-state index contributed by atoms with van der Waals surface area (Å²) < 4.78 is 0. The van der Waals surface area contributed by atoms with Crippen molar-refractivity contribution in [1.82, 2.24) is 24.9 Å². The van der Waals surface area contributed by atoms with Crippen LogP contribution in [-0.4, -0.2) is 24.9 Å². The van der Waals surface area contributed by atoms with Crippen molar-refractivity contribution < 1.29 is 0 Å². The standard InChI is InChI=1S/C20H16N6/c1-12-5-9-22-13(2)19(12)26-16-10-21-8-6-14(16)17-18(25-11-24-17)15-4-3-7-23-20(15)26/h3-11H,1-2H3,(H,24,25). The zero-order chi connectivity index (χ0) is 17.7. The highest BCUT2D eigenvalue weighted by Crippen LogP contribution is 2.49. The zero-order valence-electron chi connectivity index (χ0n) is 14.4. The molecular formula is C20H16N6. The van der Waals surface area contributed by atoms with Gasteiger partial charge in [-0.05, 0) is 43.7 Å². The van der Waals surface area contributed by atoms with Gasteiger partial charge in [-0.25, -0.2) is 9.97 Å². The number of hydrogen-bond acceptors (Lipinski definition) is 5. The van der Waals surface area contributed by atoms with Crippen LogP contribution in [0.25, 0.3) is 22.5 Å². The minimum Gasteiger partial charge on any atom is -0.344 e. The van der Waals surface area contributed by atoms with Crippen LogP contribution in [0.3, 0.4) is 0 Å². The number of anilines is 3. The number of fused-ring (bicyclic) bond motifs is 5. The Balaban J connectivity index is 1.94. The minimum absolute atomic E-state index is 0.826. The molecule has 0 unspecified atom stereocenters. The molecule has 5 rings (SSSR count). The first-order valence-electron chi connectivity index (χ1n) is 8.41. The summed E-state index contributed by atoms with van der Waals surface area (Å²) in [5.74, 6) is 0.826. The Hall–Kier alpha value is -3.54. The van der Waals surface area contributed by atoms with E-state index < -0.39 is 0 Å². The first-order valence-corrected chi connectivity index (χ1v) is 8.41. The minimum atomic E-state index is 0.826. The van der Waals surface area contributed by atoms with E-state index in [0.29, 0.717) is 0 Å². The van der Waals surface area contributed by atoms with Crippen molar-refractivity contribution in [1.29, 1.82) is 0 Å². The number of H-pyrrole nitrogens is 1. The van der Waals surface area contributed by atoms with Gasteiger partial charge in [-0.15, -0.1) is 0 Å². The van der Waals surface area contributed by atoms with Crippen molar-refractivity contribution in [3.05, 3.63) is 66.6 Å². The number of aryl methyl sites for hydroxylation is 2. The maximum absolute atomic E-state index is 4.71. The van der Waals surface area contributed by atoms with Gasteiger partial charge in [0.15, 0.2) is 0 Å². The third-order valence-corrected chi connectivity index (χ3v) is 4.74. The van der Waals surface area contributed by atoms with Gasteiger partial charge in [0.05, 0.1) is 41.0 Å². The molecule has 0 fully saturated rings. The molecule has 6 nitrogen and oxygen atoms in total. The van der Waals surface area contributed by atoms with Crippen molar-refractivity contribution in [2.75, 3.05) is 4.90 Å². The van der Waals surface area contributed by atoms with Gasteiger partial charge in [-0.1, -0.05) is 0 Å². The summed E-state index contributed by atoms with van der Waals surface area (Å²) in [5.41, 5.74) is 7.91. The molecule has 26 heavy (non-hydrogen) atoms. The van der Waals surface area contributed by atoms with Crippen LogP contribution in [0, 0.1) is 13.8 Å². The first kappa shape index (κ1) is 14.8. The number of imidazole rings is 1. The highest BCUT2D eigenvalue weighted by Gasteiger charge is 2.30. The summed E-state index contributed by atoms with van der Waals surface area (Å²) in [5, 5.41) is 0. The topological polar surface area (TPSA) is 70.6 Å². The summed E-state index contributed by atoms with van der Waals surface area (Å²) in [6, 6.07) is 8.01. The molecule has 1 aliphatic heterocycles. The van der Waals surface area contributed by atoms with Gasteiger partial charge in [0.2, 0.25) is 0 Å². The summed E-state index contributed by atoms with van der Waals surface area (Å²) in [4.78, 5) is 23.6. The Bertz CT molecular complexity index is 1050. The Morgan fingerprint density at radius 3 is 2.73 bits per heavy atom. The van der Waals surface area contributed by atoms with E-state index in [9.17, 15) is 0 Å². The van der Waals surface area contributed by atoms with E-state index in [4.69, 9.17) is 4.98 Å². The molecule has 1 aliphatic rings. The summed E-state index contributed by atoms with van der Waals surface area (Å²) in [6.45, 7) is 4.11. The molecule has 4 aromatic rings. The molecule has 4 aromatic heterocycles. The second kappa shape index (κ2) is 5.49. The lowest BCUT2D eigenvalue weighted by Gasteiger charge is -2.27. The number of nitrogens with one attached hydrogen (secondary N) is 1. The molecular weight excluding hydrogens is 324 g/mol. The van der Waals surface area contributed by atoms with Crippen LogP contribution >= 0.6 is 0 Å². The van der Waals surface area contributed by atoms with Gasteiger partial charge >= 0.3 is 0 Å². The van der Waals surface area contributed by atoms with Gasteiger partial charge in [-0.3, -0.25) is 14.9 Å². The maximum Gasteiger partial charge on any atom is 0.147 e. The van der Waals surface area contributed by atoms with E-state index in [-0.39, 0.29) is 0 Å². The van der Waals surface area contributed by atoms with Crippen LogP contribution in [0.4, 0.5) is 17.2 Å². The van der Waals surface area contributed by atoms with Crippen LogP contribution in [0.1, 0.15) is 11.3 Å². The van der Waals surface area contributed by atoms with Gasteiger partial charge in [0, 0.05) is 29.7 Å². The molecule has 0 saturated heterocycles. The molecule has 0 amide bonds. The van der Waals surface area contributed by atoms with Crippen molar-refractivity contribution in [2.45, 2.75) is 13.8 Å². The second-order valence-electron chi connectivity index (χ2n) is 6.29. The summed E-state index contributed by atoms with van der Waals surface area (Å²) >= 11 is 0. The fraction of sp³-hybridized carbons (Fsp3) is 0.100. The third-order valence-electron chi connectivity index (χ3n) is 4.74. The fourth-order valence-corrected chi connectivity index (χ4v) is 3.60. The quantitative estimate of drug-likeness (QED) is 0.492. The van der Waals surface area contributed by atoms with Crippen LogP contribution in [0.2, 0.25) is 0 Å². The van der Waals surface area contributed by atoms with Gasteiger partial charge < -0.3 is 4.98 Å². The van der Waals surface area contributed by atoms with Crippen molar-refractivity contribution >= 4 is 17.2 Å². The second-order valence-corrected chi connectivity index (χ2v) is 6.29. The predicted octanol–water partition coefficient (Wildman–Crippen LogP) is 4.33. The Kier molecular flexibility index (Phi) is 3.12. The maximum atomic E-state index is 4.71. The Morgan fingerprint density at radius 1 is 0.923 bits per heavy atom. The molecule has 6 heteroatoms. The Labute approximate surface area is 150 Å². The molecule has 0 aromatic carbocycles. The fourth-order valence-electron chi connectivity index (χ4n) is 3.60. The van der Waals surface area contributed by atoms with Crippen molar-refractivity contribution in [2.24, 2.45) is 0 Å². The van der Waals surface area contributed by atoms with Crippen molar-refractivity contribution in [3.63, 3.8) is 0 Å². The molecule has 0 aliphatic carbocycles. The monoisotopic (exact) mass is 340 g/mol.